The maximum Gasteiger partial charge on any atom is 0.416 e. The topological polar surface area (TPSA) is 49.3 Å². The Morgan fingerprint density at radius 2 is 1.93 bits per heavy atom. The predicted octanol–water partition coefficient (Wildman–Crippen LogP) is 2.47. The van der Waals surface area contributed by atoms with Crippen molar-refractivity contribution in [1.82, 2.24) is 5.32 Å². The molecule has 0 radical (unpaired) electrons. The predicted molar refractivity (Wildman–Crippen MR) is 46.3 cm³/mol. The summed E-state index contributed by atoms with van der Waals surface area (Å²) in [6, 6.07) is 4.83. The average molecular weight is 219 g/mol. The smallest absolute Gasteiger partial charge is 0.416 e. The third kappa shape index (κ3) is 3.16. The Balaban J connectivity index is 2.92. The summed E-state index contributed by atoms with van der Waals surface area (Å²) in [5.41, 5.74) is -0.911. The van der Waals surface area contributed by atoms with E-state index in [1.54, 1.807) is 0 Å². The molecule has 2 N–H and O–H groups in total. The van der Waals surface area contributed by atoms with E-state index < -0.39 is 17.8 Å². The van der Waals surface area contributed by atoms with Crippen LogP contribution in [0.1, 0.15) is 11.1 Å². The van der Waals surface area contributed by atoms with Crippen molar-refractivity contribution in [3.8, 4) is 0 Å². The molecule has 0 aromatic heterocycles. The average Bonchev–Trinajstić information content (AvgIpc) is 2.13. The van der Waals surface area contributed by atoms with Crippen molar-refractivity contribution < 1.29 is 23.1 Å². The van der Waals surface area contributed by atoms with Gasteiger partial charge in [0.2, 0.25) is 0 Å². The molecule has 0 atom stereocenters. The molecule has 3 nitrogen and oxygen atoms in total. The van der Waals surface area contributed by atoms with E-state index in [1.165, 1.54) is 18.2 Å². The van der Waals surface area contributed by atoms with Gasteiger partial charge in [0.1, 0.15) is 0 Å². The van der Waals surface area contributed by atoms with Crippen molar-refractivity contribution >= 4 is 6.09 Å². The number of benzene rings is 1. The van der Waals surface area contributed by atoms with Gasteiger partial charge in [-0.1, -0.05) is 18.2 Å². The first-order chi connectivity index (χ1) is 6.91. The van der Waals surface area contributed by atoms with E-state index in [2.05, 4.69) is 0 Å². The minimum atomic E-state index is -4.46. The second kappa shape index (κ2) is 4.20. The maximum absolute atomic E-state index is 12.4. The van der Waals surface area contributed by atoms with Gasteiger partial charge in [0, 0.05) is 6.54 Å². The number of alkyl halides is 3. The van der Waals surface area contributed by atoms with Gasteiger partial charge >= 0.3 is 12.3 Å². The van der Waals surface area contributed by atoms with E-state index >= 15 is 0 Å². The van der Waals surface area contributed by atoms with E-state index in [0.29, 0.717) is 0 Å². The first-order valence-electron chi connectivity index (χ1n) is 4.03. The quantitative estimate of drug-likeness (QED) is 0.802. The molecule has 0 saturated heterocycles. The Labute approximate surface area is 83.5 Å². The highest BCUT2D eigenvalue weighted by atomic mass is 19.4. The van der Waals surface area contributed by atoms with E-state index in [-0.39, 0.29) is 12.1 Å². The zero-order valence-corrected chi connectivity index (χ0v) is 7.51. The molecule has 1 rings (SSSR count). The number of hydrogen-bond donors (Lipinski definition) is 2. The summed E-state index contributed by atoms with van der Waals surface area (Å²) in [7, 11) is 0. The molecule has 6 heteroatoms. The molecule has 1 aromatic rings. The number of nitrogens with one attached hydrogen (secondary N) is 1. The fraction of sp³-hybridized carbons (Fsp3) is 0.222. The molecule has 1 amide bonds. The minimum Gasteiger partial charge on any atom is -0.465 e. The summed E-state index contributed by atoms with van der Waals surface area (Å²) in [5.74, 6) is 0. The summed E-state index contributed by atoms with van der Waals surface area (Å²) < 4.78 is 37.2. The van der Waals surface area contributed by atoms with Crippen LogP contribution in [0.3, 0.4) is 0 Å². The van der Waals surface area contributed by atoms with Crippen molar-refractivity contribution in [2.75, 3.05) is 0 Å². The van der Waals surface area contributed by atoms with Crippen molar-refractivity contribution in [1.29, 1.82) is 0 Å². The second-order valence-corrected chi connectivity index (χ2v) is 2.81. The zero-order chi connectivity index (χ0) is 11.5. The molecule has 0 heterocycles. The van der Waals surface area contributed by atoms with E-state index in [4.69, 9.17) is 5.11 Å². The Bertz CT molecular complexity index is 363. The summed E-state index contributed by atoms with van der Waals surface area (Å²) >= 11 is 0. The highest BCUT2D eigenvalue weighted by Gasteiger charge is 2.32. The number of carbonyl (C=O) groups is 1. The van der Waals surface area contributed by atoms with Gasteiger partial charge in [-0.3, -0.25) is 0 Å². The molecule has 0 aliphatic rings. The number of amides is 1. The van der Waals surface area contributed by atoms with Gasteiger partial charge < -0.3 is 10.4 Å². The lowest BCUT2D eigenvalue weighted by atomic mass is 10.1. The molecule has 82 valence electrons. The van der Waals surface area contributed by atoms with Crippen LogP contribution in [-0.2, 0) is 12.7 Å². The van der Waals surface area contributed by atoms with Gasteiger partial charge in [-0.15, -0.1) is 0 Å². The van der Waals surface area contributed by atoms with Gasteiger partial charge in [-0.2, -0.15) is 13.2 Å². The van der Waals surface area contributed by atoms with E-state index in [9.17, 15) is 18.0 Å². The van der Waals surface area contributed by atoms with E-state index in [1.807, 2.05) is 5.32 Å². The Hall–Kier alpha value is -1.72. The molecule has 0 aliphatic carbocycles. The molecule has 0 bridgehead atoms. The van der Waals surface area contributed by atoms with Gasteiger partial charge in [-0.25, -0.2) is 4.79 Å². The van der Waals surface area contributed by atoms with Crippen molar-refractivity contribution in [2.45, 2.75) is 12.7 Å². The number of halogens is 3. The van der Waals surface area contributed by atoms with Crippen LogP contribution in [0, 0.1) is 0 Å². The largest absolute Gasteiger partial charge is 0.465 e. The highest BCUT2D eigenvalue weighted by Crippen LogP contribution is 2.31. The minimum absolute atomic E-state index is 0.0904. The van der Waals surface area contributed by atoms with Crippen LogP contribution in [0.5, 0.6) is 0 Å². The molecule has 0 spiro atoms. The van der Waals surface area contributed by atoms with Crippen molar-refractivity contribution in [3.05, 3.63) is 35.4 Å². The molecular weight excluding hydrogens is 211 g/mol. The first-order valence-corrected chi connectivity index (χ1v) is 4.03. The van der Waals surface area contributed by atoms with Crippen LogP contribution in [0.2, 0.25) is 0 Å². The standard InChI is InChI=1S/C9H8F3NO2/c10-9(11,12)7-4-2-1-3-6(7)5-13-8(14)15/h1-4,13H,5H2,(H,14,15). The number of hydrogen-bond acceptors (Lipinski definition) is 1. The van der Waals surface area contributed by atoms with Crippen LogP contribution in [0.4, 0.5) is 18.0 Å². The van der Waals surface area contributed by atoms with Crippen LogP contribution in [-0.4, -0.2) is 11.2 Å². The Morgan fingerprint density at radius 1 is 1.33 bits per heavy atom. The highest BCUT2D eigenvalue weighted by molar-refractivity contribution is 5.64. The summed E-state index contributed by atoms with van der Waals surface area (Å²) in [6.45, 7) is -0.356. The van der Waals surface area contributed by atoms with Crippen LogP contribution in [0.25, 0.3) is 0 Å². The number of rotatable bonds is 2. The lowest BCUT2D eigenvalue weighted by Crippen LogP contribution is -2.22. The zero-order valence-electron chi connectivity index (χ0n) is 7.51. The molecule has 1 aromatic carbocycles. The lowest BCUT2D eigenvalue weighted by Gasteiger charge is -2.11. The normalized spacial score (nSPS) is 11.1. The monoisotopic (exact) mass is 219 g/mol. The van der Waals surface area contributed by atoms with Gasteiger partial charge in [0.05, 0.1) is 5.56 Å². The van der Waals surface area contributed by atoms with Crippen LogP contribution in [0.15, 0.2) is 24.3 Å². The van der Waals surface area contributed by atoms with E-state index in [0.717, 1.165) is 6.07 Å². The molecule has 0 aliphatic heterocycles. The maximum atomic E-state index is 12.4. The molecule has 0 saturated carbocycles. The van der Waals surface area contributed by atoms with Crippen LogP contribution >= 0.6 is 0 Å². The lowest BCUT2D eigenvalue weighted by molar-refractivity contribution is -0.138. The summed E-state index contributed by atoms with van der Waals surface area (Å²) in [4.78, 5) is 10.1. The van der Waals surface area contributed by atoms with Crippen molar-refractivity contribution in [2.24, 2.45) is 0 Å². The molecule has 0 fully saturated rings. The first kappa shape index (κ1) is 11.4. The Kier molecular flexibility index (Phi) is 3.18. The molecular formula is C9H8F3NO2. The van der Waals surface area contributed by atoms with Crippen LogP contribution < -0.4 is 5.32 Å². The SMILES string of the molecule is O=C(O)NCc1ccccc1C(F)(F)F. The second-order valence-electron chi connectivity index (χ2n) is 2.81. The van der Waals surface area contributed by atoms with Gasteiger partial charge in [0.15, 0.2) is 0 Å². The fourth-order valence-corrected chi connectivity index (χ4v) is 1.12. The third-order valence-electron chi connectivity index (χ3n) is 1.75. The fourth-order valence-electron chi connectivity index (χ4n) is 1.12. The number of carboxylic acid groups (broad SMARTS) is 1. The van der Waals surface area contributed by atoms with Gasteiger partial charge in [-0.05, 0) is 11.6 Å². The molecule has 15 heavy (non-hydrogen) atoms. The molecule has 0 unspecified atom stereocenters. The van der Waals surface area contributed by atoms with Crippen molar-refractivity contribution in [3.63, 3.8) is 0 Å². The van der Waals surface area contributed by atoms with Gasteiger partial charge in [0.25, 0.3) is 0 Å². The Morgan fingerprint density at radius 3 is 2.47 bits per heavy atom. The summed E-state index contributed by atoms with van der Waals surface area (Å²) in [6.07, 6.45) is -5.82. The third-order valence-corrected chi connectivity index (χ3v) is 1.75. The summed E-state index contributed by atoms with van der Waals surface area (Å²) in [5, 5.41) is 10.2.